The number of rotatable bonds is 4. The topological polar surface area (TPSA) is 74.1 Å². The number of amides is 2. The molecule has 2 amide bonds. The minimum atomic E-state index is -0.553. The fraction of sp³-hybridized carbons (Fsp3) is 0.417. The van der Waals surface area contributed by atoms with Gasteiger partial charge in [0.15, 0.2) is 0 Å². The van der Waals surface area contributed by atoms with Crippen LogP contribution in [0.4, 0.5) is 5.69 Å². The van der Waals surface area contributed by atoms with Crippen molar-refractivity contribution in [3.05, 3.63) is 52.7 Å². The molecule has 2 aromatic rings. The number of nitrogens with zero attached hydrogens (tertiary/aromatic N) is 3. The standard InChI is InChI=1S/C24H25N3O2S/c1-14(2)16-5-7-19(8-6-16)27-22(28)12-21(24(27)29)30-23-18(13-25)11-17-10-15(3)4-9-20(17)26-23/h5-8,11,14-15,21H,4,9-10,12H2,1-3H3. The van der Waals surface area contributed by atoms with Crippen molar-refractivity contribution >= 4 is 29.3 Å². The van der Waals surface area contributed by atoms with Crippen molar-refractivity contribution in [3.63, 3.8) is 0 Å². The molecule has 1 fully saturated rings. The molecule has 0 N–H and O–H groups in total. The van der Waals surface area contributed by atoms with Gasteiger partial charge in [-0.05, 0) is 60.4 Å². The van der Waals surface area contributed by atoms with Crippen LogP contribution in [-0.4, -0.2) is 22.0 Å². The highest BCUT2D eigenvalue weighted by molar-refractivity contribution is 8.00. The molecule has 2 unspecified atom stereocenters. The van der Waals surface area contributed by atoms with Gasteiger partial charge in [-0.1, -0.05) is 44.7 Å². The van der Waals surface area contributed by atoms with Gasteiger partial charge in [0.05, 0.1) is 16.5 Å². The molecule has 2 heterocycles. The number of aryl methyl sites for hydroxylation is 1. The Balaban J connectivity index is 1.57. The zero-order valence-corrected chi connectivity index (χ0v) is 18.3. The molecule has 30 heavy (non-hydrogen) atoms. The highest BCUT2D eigenvalue weighted by Gasteiger charge is 2.41. The third-order valence-electron chi connectivity index (χ3n) is 5.90. The van der Waals surface area contributed by atoms with E-state index in [0.29, 0.717) is 28.1 Å². The first kappa shape index (κ1) is 20.6. The molecule has 1 aliphatic carbocycles. The van der Waals surface area contributed by atoms with Gasteiger partial charge in [-0.25, -0.2) is 9.88 Å². The summed E-state index contributed by atoms with van der Waals surface area (Å²) in [6, 6.07) is 11.7. The maximum Gasteiger partial charge on any atom is 0.247 e. The first-order chi connectivity index (χ1) is 14.4. The van der Waals surface area contributed by atoms with Gasteiger partial charge in [-0.15, -0.1) is 0 Å². The maximum atomic E-state index is 13.0. The second-order valence-corrected chi connectivity index (χ2v) is 9.72. The van der Waals surface area contributed by atoms with E-state index in [9.17, 15) is 14.9 Å². The lowest BCUT2D eigenvalue weighted by molar-refractivity contribution is -0.121. The van der Waals surface area contributed by atoms with Crippen LogP contribution in [0.25, 0.3) is 0 Å². The van der Waals surface area contributed by atoms with E-state index in [2.05, 4.69) is 26.8 Å². The van der Waals surface area contributed by atoms with Crippen LogP contribution in [0.5, 0.6) is 0 Å². The van der Waals surface area contributed by atoms with E-state index in [4.69, 9.17) is 4.98 Å². The third-order valence-corrected chi connectivity index (χ3v) is 7.08. The van der Waals surface area contributed by atoms with Crippen LogP contribution in [0.1, 0.15) is 61.9 Å². The molecule has 2 atom stereocenters. The van der Waals surface area contributed by atoms with Crippen LogP contribution >= 0.6 is 11.8 Å². The largest absolute Gasteiger partial charge is 0.274 e. The van der Waals surface area contributed by atoms with Gasteiger partial charge < -0.3 is 0 Å². The van der Waals surface area contributed by atoms with Gasteiger partial charge >= 0.3 is 0 Å². The van der Waals surface area contributed by atoms with E-state index in [0.717, 1.165) is 36.1 Å². The first-order valence-electron chi connectivity index (χ1n) is 10.4. The molecule has 5 nitrogen and oxygen atoms in total. The second kappa shape index (κ2) is 8.23. The number of hydrogen-bond acceptors (Lipinski definition) is 5. The Bertz CT molecular complexity index is 1040. The number of hydrogen-bond donors (Lipinski definition) is 0. The summed E-state index contributed by atoms with van der Waals surface area (Å²) in [5, 5.41) is 9.62. The smallest absolute Gasteiger partial charge is 0.247 e. The monoisotopic (exact) mass is 419 g/mol. The Morgan fingerprint density at radius 1 is 1.20 bits per heavy atom. The fourth-order valence-electron chi connectivity index (χ4n) is 4.11. The van der Waals surface area contributed by atoms with Crippen LogP contribution in [0.15, 0.2) is 35.4 Å². The van der Waals surface area contributed by atoms with E-state index in [1.165, 1.54) is 16.7 Å². The van der Waals surface area contributed by atoms with Crippen molar-refractivity contribution < 1.29 is 9.59 Å². The average Bonchev–Trinajstić information content (AvgIpc) is 3.00. The van der Waals surface area contributed by atoms with Crippen molar-refractivity contribution in [1.29, 1.82) is 5.26 Å². The highest BCUT2D eigenvalue weighted by atomic mass is 32.2. The Hall–Kier alpha value is -2.65. The van der Waals surface area contributed by atoms with Crippen LogP contribution in [0.3, 0.4) is 0 Å². The Kier molecular flexibility index (Phi) is 5.66. The van der Waals surface area contributed by atoms with E-state index in [1.807, 2.05) is 30.3 Å². The lowest BCUT2D eigenvalue weighted by Crippen LogP contribution is -2.31. The number of pyridine rings is 1. The number of aromatic nitrogens is 1. The maximum absolute atomic E-state index is 13.0. The Morgan fingerprint density at radius 2 is 1.93 bits per heavy atom. The molecule has 1 aliphatic heterocycles. The molecule has 0 bridgehead atoms. The Labute approximate surface area is 181 Å². The number of benzene rings is 1. The van der Waals surface area contributed by atoms with Crippen molar-refractivity contribution in [2.75, 3.05) is 4.90 Å². The summed E-state index contributed by atoms with van der Waals surface area (Å²) in [4.78, 5) is 31.7. The summed E-state index contributed by atoms with van der Waals surface area (Å²) < 4.78 is 0. The lowest BCUT2D eigenvalue weighted by atomic mass is 9.87. The van der Waals surface area contributed by atoms with Gasteiger partial charge in [0.2, 0.25) is 11.8 Å². The summed E-state index contributed by atoms with van der Waals surface area (Å²) >= 11 is 1.25. The van der Waals surface area contributed by atoms with E-state index in [1.54, 1.807) is 0 Å². The molecule has 1 aromatic carbocycles. The fourth-order valence-corrected chi connectivity index (χ4v) is 5.20. The molecule has 0 spiro atoms. The zero-order chi connectivity index (χ0) is 21.4. The highest BCUT2D eigenvalue weighted by Crippen LogP contribution is 2.36. The number of carbonyl (C=O) groups excluding carboxylic acids is 2. The van der Waals surface area contributed by atoms with Crippen molar-refractivity contribution in [2.45, 2.75) is 62.6 Å². The number of nitriles is 1. The number of anilines is 1. The quantitative estimate of drug-likeness (QED) is 0.676. The van der Waals surface area contributed by atoms with E-state index >= 15 is 0 Å². The second-order valence-electron chi connectivity index (χ2n) is 8.53. The number of imide groups is 1. The summed E-state index contributed by atoms with van der Waals surface area (Å²) in [6.07, 6.45) is 3.03. The predicted octanol–water partition coefficient (Wildman–Crippen LogP) is 4.63. The van der Waals surface area contributed by atoms with Gasteiger partial charge in [-0.2, -0.15) is 5.26 Å². The van der Waals surface area contributed by atoms with Crippen molar-refractivity contribution in [3.8, 4) is 6.07 Å². The van der Waals surface area contributed by atoms with E-state index in [-0.39, 0.29) is 18.2 Å². The van der Waals surface area contributed by atoms with Crippen molar-refractivity contribution in [2.24, 2.45) is 5.92 Å². The van der Waals surface area contributed by atoms with Gasteiger partial charge in [0.25, 0.3) is 0 Å². The van der Waals surface area contributed by atoms with Gasteiger partial charge in [0, 0.05) is 12.1 Å². The van der Waals surface area contributed by atoms with Crippen LogP contribution < -0.4 is 4.90 Å². The van der Waals surface area contributed by atoms with Crippen LogP contribution in [-0.2, 0) is 22.4 Å². The minimum Gasteiger partial charge on any atom is -0.274 e. The van der Waals surface area contributed by atoms with E-state index < -0.39 is 5.25 Å². The number of fused-ring (bicyclic) bond motifs is 1. The SMILES string of the molecule is CC1CCc2nc(SC3CC(=O)N(c4ccc(C(C)C)cc4)C3=O)c(C#N)cc2C1. The molecule has 4 rings (SSSR count). The van der Waals surface area contributed by atoms with Gasteiger partial charge in [0.1, 0.15) is 11.1 Å². The summed E-state index contributed by atoms with van der Waals surface area (Å²) in [7, 11) is 0. The molecule has 0 saturated carbocycles. The minimum absolute atomic E-state index is 0.121. The molecule has 0 radical (unpaired) electrons. The lowest BCUT2D eigenvalue weighted by Gasteiger charge is -2.22. The summed E-state index contributed by atoms with van der Waals surface area (Å²) in [6.45, 7) is 6.42. The van der Waals surface area contributed by atoms with Crippen LogP contribution in [0, 0.1) is 17.2 Å². The number of carbonyl (C=O) groups is 2. The van der Waals surface area contributed by atoms with Crippen LogP contribution in [0.2, 0.25) is 0 Å². The predicted molar refractivity (Wildman–Crippen MR) is 117 cm³/mol. The Morgan fingerprint density at radius 3 is 2.60 bits per heavy atom. The third kappa shape index (κ3) is 3.87. The van der Waals surface area contributed by atoms with Crippen molar-refractivity contribution in [1.82, 2.24) is 4.98 Å². The molecule has 2 aliphatic rings. The molecule has 1 saturated heterocycles. The normalized spacial score (nSPS) is 21.1. The average molecular weight is 420 g/mol. The summed E-state index contributed by atoms with van der Waals surface area (Å²) in [5.41, 5.74) is 4.41. The molecule has 1 aromatic heterocycles. The number of thioether (sulfide) groups is 1. The molecular formula is C24H25N3O2S. The first-order valence-corrected chi connectivity index (χ1v) is 11.3. The molecule has 154 valence electrons. The zero-order valence-electron chi connectivity index (χ0n) is 17.5. The molecular weight excluding hydrogens is 394 g/mol. The summed E-state index contributed by atoms with van der Waals surface area (Å²) in [5.74, 6) is 0.531. The van der Waals surface area contributed by atoms with Gasteiger partial charge in [-0.3, -0.25) is 9.59 Å². The molecule has 6 heteroatoms.